The number of rotatable bonds is 5. The minimum absolute atomic E-state index is 0.203. The van der Waals surface area contributed by atoms with Gasteiger partial charge in [0.1, 0.15) is 0 Å². The van der Waals surface area contributed by atoms with Crippen LogP contribution in [0, 0.1) is 0 Å². The molecule has 1 aliphatic rings. The van der Waals surface area contributed by atoms with E-state index in [9.17, 15) is 4.79 Å². The standard InChI is InChI=1S/C14H21N3O2/c1-19-11-8-15-14(18)16-12-4-6-13(7-5-12)17-9-2-3-10-17/h4-7H,2-3,8-11H2,1H3,(H2,15,16,18). The fourth-order valence-electron chi connectivity index (χ4n) is 2.17. The number of hydrogen-bond donors (Lipinski definition) is 2. The topological polar surface area (TPSA) is 53.6 Å². The zero-order chi connectivity index (χ0) is 13.5. The van der Waals surface area contributed by atoms with Crippen molar-refractivity contribution in [2.75, 3.05) is 43.6 Å². The first-order chi connectivity index (χ1) is 9.29. The predicted octanol–water partition coefficient (Wildman–Crippen LogP) is 2.05. The molecule has 2 N–H and O–H groups in total. The predicted molar refractivity (Wildman–Crippen MR) is 76.8 cm³/mol. The Bertz CT molecular complexity index is 400. The smallest absolute Gasteiger partial charge is 0.319 e. The number of benzene rings is 1. The van der Waals surface area contributed by atoms with Gasteiger partial charge in [0, 0.05) is 38.1 Å². The Labute approximate surface area is 113 Å². The van der Waals surface area contributed by atoms with Gasteiger partial charge in [0.15, 0.2) is 0 Å². The van der Waals surface area contributed by atoms with Crippen molar-refractivity contribution < 1.29 is 9.53 Å². The van der Waals surface area contributed by atoms with Crippen LogP contribution in [0.2, 0.25) is 0 Å². The first-order valence-electron chi connectivity index (χ1n) is 6.68. The molecule has 0 spiro atoms. The van der Waals surface area contributed by atoms with Crippen molar-refractivity contribution in [2.24, 2.45) is 0 Å². The van der Waals surface area contributed by atoms with E-state index in [-0.39, 0.29) is 6.03 Å². The second kappa shape index (κ2) is 6.99. The average molecular weight is 263 g/mol. The number of carbonyl (C=O) groups is 1. The number of carbonyl (C=O) groups excluding carboxylic acids is 1. The lowest BCUT2D eigenvalue weighted by molar-refractivity contribution is 0.198. The fourth-order valence-corrected chi connectivity index (χ4v) is 2.17. The third kappa shape index (κ3) is 4.13. The van der Waals surface area contributed by atoms with Crippen LogP contribution in [0.25, 0.3) is 0 Å². The molecule has 0 unspecified atom stereocenters. The highest BCUT2D eigenvalue weighted by Crippen LogP contribution is 2.21. The van der Waals surface area contributed by atoms with Gasteiger partial charge in [-0.1, -0.05) is 0 Å². The molecule has 19 heavy (non-hydrogen) atoms. The van der Waals surface area contributed by atoms with Crippen LogP contribution in [0.3, 0.4) is 0 Å². The lowest BCUT2D eigenvalue weighted by atomic mass is 10.2. The Morgan fingerprint density at radius 1 is 1.26 bits per heavy atom. The number of hydrogen-bond acceptors (Lipinski definition) is 3. The quantitative estimate of drug-likeness (QED) is 0.799. The van der Waals surface area contributed by atoms with E-state index in [0.29, 0.717) is 13.2 Å². The summed E-state index contributed by atoms with van der Waals surface area (Å²) in [6.45, 7) is 3.28. The van der Waals surface area contributed by atoms with Crippen LogP contribution in [0.4, 0.5) is 16.2 Å². The summed E-state index contributed by atoms with van der Waals surface area (Å²) in [4.78, 5) is 13.9. The highest BCUT2D eigenvalue weighted by atomic mass is 16.5. The lowest BCUT2D eigenvalue weighted by Crippen LogP contribution is -2.31. The van der Waals surface area contributed by atoms with E-state index in [4.69, 9.17) is 4.74 Å². The lowest BCUT2D eigenvalue weighted by Gasteiger charge is -2.17. The molecule has 0 aliphatic carbocycles. The van der Waals surface area contributed by atoms with Gasteiger partial charge in [-0.05, 0) is 37.1 Å². The largest absolute Gasteiger partial charge is 0.383 e. The molecule has 104 valence electrons. The molecule has 0 saturated carbocycles. The number of nitrogens with zero attached hydrogens (tertiary/aromatic N) is 1. The molecule has 1 heterocycles. The summed E-state index contributed by atoms with van der Waals surface area (Å²) in [6.07, 6.45) is 2.53. The second-order valence-electron chi connectivity index (χ2n) is 4.61. The van der Waals surface area contributed by atoms with E-state index in [1.54, 1.807) is 7.11 Å². The maximum absolute atomic E-state index is 11.5. The number of anilines is 2. The van der Waals surface area contributed by atoms with Crippen molar-refractivity contribution in [3.8, 4) is 0 Å². The Kier molecular flexibility index (Phi) is 5.03. The third-order valence-electron chi connectivity index (χ3n) is 3.19. The van der Waals surface area contributed by atoms with Crippen LogP contribution < -0.4 is 15.5 Å². The highest BCUT2D eigenvalue weighted by Gasteiger charge is 2.11. The third-order valence-corrected chi connectivity index (χ3v) is 3.19. The van der Waals surface area contributed by atoms with Crippen molar-refractivity contribution in [3.05, 3.63) is 24.3 Å². The molecule has 5 nitrogen and oxygen atoms in total. The maximum atomic E-state index is 11.5. The molecule has 1 aromatic carbocycles. The van der Waals surface area contributed by atoms with Crippen molar-refractivity contribution in [3.63, 3.8) is 0 Å². The molecule has 1 aromatic rings. The normalized spacial score (nSPS) is 14.5. The Balaban J connectivity index is 1.82. The van der Waals surface area contributed by atoms with E-state index in [1.807, 2.05) is 12.1 Å². The zero-order valence-electron chi connectivity index (χ0n) is 11.3. The van der Waals surface area contributed by atoms with Gasteiger partial charge in [-0.2, -0.15) is 0 Å². The monoisotopic (exact) mass is 263 g/mol. The zero-order valence-corrected chi connectivity index (χ0v) is 11.3. The van der Waals surface area contributed by atoms with Gasteiger partial charge in [0.05, 0.1) is 6.61 Å². The Morgan fingerprint density at radius 3 is 2.58 bits per heavy atom. The molecular weight excluding hydrogens is 242 g/mol. The summed E-state index contributed by atoms with van der Waals surface area (Å²) < 4.78 is 4.87. The minimum Gasteiger partial charge on any atom is -0.383 e. The summed E-state index contributed by atoms with van der Waals surface area (Å²) in [7, 11) is 1.61. The number of nitrogens with one attached hydrogen (secondary N) is 2. The average Bonchev–Trinajstić information content (AvgIpc) is 2.94. The summed E-state index contributed by atoms with van der Waals surface area (Å²) in [6, 6.07) is 7.77. The van der Waals surface area contributed by atoms with Crippen molar-refractivity contribution in [1.29, 1.82) is 0 Å². The molecule has 5 heteroatoms. The Hall–Kier alpha value is -1.75. The van der Waals surface area contributed by atoms with Crippen LogP contribution in [-0.2, 0) is 4.74 Å². The van der Waals surface area contributed by atoms with Crippen molar-refractivity contribution in [1.82, 2.24) is 5.32 Å². The number of methoxy groups -OCH3 is 1. The molecule has 0 bridgehead atoms. The van der Waals surface area contributed by atoms with Crippen molar-refractivity contribution in [2.45, 2.75) is 12.8 Å². The van der Waals surface area contributed by atoms with E-state index in [0.717, 1.165) is 18.8 Å². The first-order valence-corrected chi connectivity index (χ1v) is 6.68. The van der Waals surface area contributed by atoms with Gasteiger partial charge in [-0.15, -0.1) is 0 Å². The summed E-state index contributed by atoms with van der Waals surface area (Å²) in [5.41, 5.74) is 2.03. The van der Waals surface area contributed by atoms with Crippen LogP contribution in [0.15, 0.2) is 24.3 Å². The number of urea groups is 1. The molecule has 1 saturated heterocycles. The van der Waals surface area contributed by atoms with Gasteiger partial charge >= 0.3 is 6.03 Å². The summed E-state index contributed by atoms with van der Waals surface area (Å²) in [5.74, 6) is 0. The van der Waals surface area contributed by atoms with E-state index in [1.165, 1.54) is 18.5 Å². The molecule has 1 aliphatic heterocycles. The van der Waals surface area contributed by atoms with Gasteiger partial charge in [-0.3, -0.25) is 0 Å². The maximum Gasteiger partial charge on any atom is 0.319 e. The molecule has 1 fully saturated rings. The number of amides is 2. The van der Waals surface area contributed by atoms with Gasteiger partial charge < -0.3 is 20.3 Å². The molecule has 2 amide bonds. The fraction of sp³-hybridized carbons (Fsp3) is 0.500. The van der Waals surface area contributed by atoms with Crippen molar-refractivity contribution >= 4 is 17.4 Å². The molecule has 2 rings (SSSR count). The van der Waals surface area contributed by atoms with Gasteiger partial charge in [-0.25, -0.2) is 4.79 Å². The summed E-state index contributed by atoms with van der Waals surface area (Å²) in [5, 5.41) is 5.51. The van der Waals surface area contributed by atoms with Crippen LogP contribution in [-0.4, -0.2) is 39.4 Å². The molecule has 0 aromatic heterocycles. The van der Waals surface area contributed by atoms with E-state index in [2.05, 4.69) is 27.7 Å². The number of ether oxygens (including phenoxy) is 1. The van der Waals surface area contributed by atoms with Crippen LogP contribution in [0.5, 0.6) is 0 Å². The van der Waals surface area contributed by atoms with E-state index >= 15 is 0 Å². The van der Waals surface area contributed by atoms with E-state index < -0.39 is 0 Å². The van der Waals surface area contributed by atoms with Crippen LogP contribution >= 0.6 is 0 Å². The van der Waals surface area contributed by atoms with Gasteiger partial charge in [0.25, 0.3) is 0 Å². The molecule has 0 radical (unpaired) electrons. The summed E-state index contributed by atoms with van der Waals surface area (Å²) >= 11 is 0. The van der Waals surface area contributed by atoms with Crippen LogP contribution in [0.1, 0.15) is 12.8 Å². The minimum atomic E-state index is -0.203. The van der Waals surface area contributed by atoms with Gasteiger partial charge in [0.2, 0.25) is 0 Å². The SMILES string of the molecule is COCCNC(=O)Nc1ccc(N2CCCC2)cc1. The highest BCUT2D eigenvalue weighted by molar-refractivity contribution is 5.89. The first kappa shape index (κ1) is 13.7. The Morgan fingerprint density at radius 2 is 1.95 bits per heavy atom. The second-order valence-corrected chi connectivity index (χ2v) is 4.61. The molecule has 0 atom stereocenters. The molecular formula is C14H21N3O2.